The van der Waals surface area contributed by atoms with E-state index in [-0.39, 0.29) is 0 Å². The first-order valence-corrected chi connectivity index (χ1v) is 21.1. The summed E-state index contributed by atoms with van der Waals surface area (Å²) in [5.74, 6) is 0. The molecule has 0 fully saturated rings. The van der Waals surface area contributed by atoms with Crippen molar-refractivity contribution in [2.45, 2.75) is 5.41 Å². The summed E-state index contributed by atoms with van der Waals surface area (Å²) in [6.07, 6.45) is 0. The van der Waals surface area contributed by atoms with Crippen molar-refractivity contribution in [2.75, 3.05) is 4.90 Å². The molecular formula is C59H40N2. The number of nitrogens with zero attached hydrogens (tertiary/aromatic N) is 2. The van der Waals surface area contributed by atoms with Crippen LogP contribution in [0.1, 0.15) is 22.3 Å². The lowest BCUT2D eigenvalue weighted by molar-refractivity contribution is 0.768. The molecule has 0 saturated heterocycles. The number of aromatic nitrogens is 1. The number of rotatable bonds is 7. The second-order valence-corrected chi connectivity index (χ2v) is 16.1. The molecule has 0 bridgehead atoms. The summed E-state index contributed by atoms with van der Waals surface area (Å²) in [5.41, 5.74) is 16.3. The molecule has 0 aliphatic heterocycles. The van der Waals surface area contributed by atoms with E-state index in [0.29, 0.717) is 0 Å². The molecule has 1 aliphatic rings. The zero-order valence-corrected chi connectivity index (χ0v) is 33.5. The van der Waals surface area contributed by atoms with E-state index >= 15 is 0 Å². The molecule has 0 saturated carbocycles. The van der Waals surface area contributed by atoms with Gasteiger partial charge < -0.3 is 9.47 Å². The van der Waals surface area contributed by atoms with Crippen LogP contribution in [0.5, 0.6) is 0 Å². The third kappa shape index (κ3) is 5.50. The van der Waals surface area contributed by atoms with Crippen molar-refractivity contribution < 1.29 is 0 Å². The molecule has 286 valence electrons. The molecule has 10 aromatic carbocycles. The van der Waals surface area contributed by atoms with Crippen LogP contribution in [0.3, 0.4) is 0 Å². The molecular weight excluding hydrogens is 737 g/mol. The van der Waals surface area contributed by atoms with Crippen LogP contribution < -0.4 is 4.90 Å². The normalized spacial score (nSPS) is 12.7. The van der Waals surface area contributed by atoms with Gasteiger partial charge in [-0.25, -0.2) is 0 Å². The lowest BCUT2D eigenvalue weighted by Gasteiger charge is -2.35. The number of para-hydroxylation sites is 1. The van der Waals surface area contributed by atoms with E-state index < -0.39 is 5.41 Å². The Labute approximate surface area is 355 Å². The fourth-order valence-electron chi connectivity index (χ4n) is 10.1. The third-order valence-corrected chi connectivity index (χ3v) is 12.8. The minimum Gasteiger partial charge on any atom is -0.310 e. The van der Waals surface area contributed by atoms with Crippen LogP contribution in [0, 0.1) is 0 Å². The summed E-state index contributed by atoms with van der Waals surface area (Å²) < 4.78 is 2.44. The highest BCUT2D eigenvalue weighted by molar-refractivity contribution is 6.10. The van der Waals surface area contributed by atoms with Crippen LogP contribution >= 0.6 is 0 Å². The summed E-state index contributed by atoms with van der Waals surface area (Å²) in [6, 6.07) is 89.2. The Morgan fingerprint density at radius 3 is 1.66 bits per heavy atom. The third-order valence-electron chi connectivity index (χ3n) is 12.8. The van der Waals surface area contributed by atoms with Crippen molar-refractivity contribution in [3.05, 3.63) is 265 Å². The fourth-order valence-corrected chi connectivity index (χ4v) is 10.1. The summed E-state index contributed by atoms with van der Waals surface area (Å²) >= 11 is 0. The summed E-state index contributed by atoms with van der Waals surface area (Å²) in [6.45, 7) is 0. The first-order valence-electron chi connectivity index (χ1n) is 21.1. The molecule has 2 heteroatoms. The van der Waals surface area contributed by atoms with Crippen molar-refractivity contribution >= 4 is 49.6 Å². The molecule has 11 aromatic rings. The number of benzene rings is 10. The van der Waals surface area contributed by atoms with Crippen molar-refractivity contribution in [3.8, 4) is 27.9 Å². The summed E-state index contributed by atoms with van der Waals surface area (Å²) in [4.78, 5) is 2.45. The number of hydrogen-bond acceptors (Lipinski definition) is 1. The SMILES string of the molecule is c1ccc(-c2ccc(N(c3ccc4c(c3)C(c3ccccc3)(c3ccccc3)c3ccccc3-4)c3ccc4c5ccccc5n(-c5ccc6ccccc6c5)c4c3)cc2)cc1. The van der Waals surface area contributed by atoms with Crippen molar-refractivity contribution in [2.24, 2.45) is 0 Å². The monoisotopic (exact) mass is 776 g/mol. The van der Waals surface area contributed by atoms with E-state index in [1.165, 1.54) is 71.6 Å². The van der Waals surface area contributed by atoms with Gasteiger partial charge in [0, 0.05) is 33.5 Å². The quantitative estimate of drug-likeness (QED) is 0.156. The van der Waals surface area contributed by atoms with Gasteiger partial charge in [0.05, 0.1) is 16.4 Å². The topological polar surface area (TPSA) is 8.17 Å². The van der Waals surface area contributed by atoms with Crippen molar-refractivity contribution in [1.82, 2.24) is 4.57 Å². The average molecular weight is 777 g/mol. The summed E-state index contributed by atoms with van der Waals surface area (Å²) in [7, 11) is 0. The number of hydrogen-bond donors (Lipinski definition) is 0. The smallest absolute Gasteiger partial charge is 0.0714 e. The maximum Gasteiger partial charge on any atom is 0.0714 e. The van der Waals surface area contributed by atoms with Crippen LogP contribution in [0.2, 0.25) is 0 Å². The average Bonchev–Trinajstić information content (AvgIpc) is 3.83. The van der Waals surface area contributed by atoms with Gasteiger partial charge in [0.25, 0.3) is 0 Å². The first-order chi connectivity index (χ1) is 30.3. The van der Waals surface area contributed by atoms with Crippen LogP contribution in [-0.4, -0.2) is 4.57 Å². The van der Waals surface area contributed by atoms with E-state index in [1.807, 2.05) is 0 Å². The van der Waals surface area contributed by atoms with Gasteiger partial charge in [-0.1, -0.05) is 188 Å². The minimum absolute atomic E-state index is 0.514. The van der Waals surface area contributed by atoms with Crippen molar-refractivity contribution in [1.29, 1.82) is 0 Å². The van der Waals surface area contributed by atoms with Gasteiger partial charge in [-0.3, -0.25) is 0 Å². The molecule has 1 heterocycles. The number of anilines is 3. The van der Waals surface area contributed by atoms with Gasteiger partial charge in [-0.15, -0.1) is 0 Å². The predicted octanol–water partition coefficient (Wildman–Crippen LogP) is 15.4. The zero-order valence-electron chi connectivity index (χ0n) is 33.5. The highest BCUT2D eigenvalue weighted by Crippen LogP contribution is 2.57. The Balaban J connectivity index is 1.11. The molecule has 12 rings (SSSR count). The van der Waals surface area contributed by atoms with Crippen LogP contribution in [0.25, 0.3) is 60.5 Å². The van der Waals surface area contributed by atoms with Crippen LogP contribution in [-0.2, 0) is 5.41 Å². The van der Waals surface area contributed by atoms with E-state index in [9.17, 15) is 0 Å². The molecule has 2 nitrogen and oxygen atoms in total. The van der Waals surface area contributed by atoms with Gasteiger partial charge in [0.15, 0.2) is 0 Å². The molecule has 0 spiro atoms. The highest BCUT2D eigenvalue weighted by Gasteiger charge is 2.46. The van der Waals surface area contributed by atoms with E-state index in [0.717, 1.165) is 28.3 Å². The Hall–Kier alpha value is -7.94. The Morgan fingerprint density at radius 1 is 0.328 bits per heavy atom. The lowest BCUT2D eigenvalue weighted by atomic mass is 9.67. The van der Waals surface area contributed by atoms with Gasteiger partial charge in [0.1, 0.15) is 0 Å². The number of fused-ring (bicyclic) bond motifs is 7. The molecule has 61 heavy (non-hydrogen) atoms. The van der Waals surface area contributed by atoms with Crippen LogP contribution in [0.4, 0.5) is 17.1 Å². The molecule has 0 radical (unpaired) electrons. The second kappa shape index (κ2) is 14.1. The summed E-state index contributed by atoms with van der Waals surface area (Å²) in [5, 5.41) is 4.92. The molecule has 0 unspecified atom stereocenters. The molecule has 0 N–H and O–H groups in total. The van der Waals surface area contributed by atoms with Gasteiger partial charge >= 0.3 is 0 Å². The Morgan fingerprint density at radius 2 is 0.885 bits per heavy atom. The minimum atomic E-state index is -0.514. The van der Waals surface area contributed by atoms with E-state index in [1.54, 1.807) is 0 Å². The molecule has 1 aromatic heterocycles. The second-order valence-electron chi connectivity index (χ2n) is 16.1. The Kier molecular flexibility index (Phi) is 8.11. The fraction of sp³-hybridized carbons (Fsp3) is 0.0169. The standard InChI is InChI=1S/C59H40N2/c1-4-16-41(17-5-1)43-28-31-47(32-29-43)60(50-35-37-54-53-25-13-15-27-57(53)61(58(54)40-50)48-33-30-42-18-10-11-19-44(42)38-48)49-34-36-52-51-24-12-14-26-55(51)59(56(52)39-49,45-20-6-2-7-21-45)46-22-8-3-9-23-46/h1-40H. The first kappa shape index (κ1) is 35.0. The van der Waals surface area contributed by atoms with Gasteiger partial charge in [-0.2, -0.15) is 0 Å². The maximum absolute atomic E-state index is 2.46. The largest absolute Gasteiger partial charge is 0.310 e. The van der Waals surface area contributed by atoms with E-state index in [2.05, 4.69) is 252 Å². The predicted molar refractivity (Wildman–Crippen MR) is 256 cm³/mol. The molecule has 1 aliphatic carbocycles. The molecule has 0 atom stereocenters. The van der Waals surface area contributed by atoms with Gasteiger partial charge in [-0.05, 0) is 110 Å². The Bertz CT molecular complexity index is 3360. The highest BCUT2D eigenvalue weighted by atomic mass is 15.1. The van der Waals surface area contributed by atoms with Crippen LogP contribution in [0.15, 0.2) is 243 Å². The van der Waals surface area contributed by atoms with Gasteiger partial charge in [0.2, 0.25) is 0 Å². The zero-order chi connectivity index (χ0) is 40.3. The molecule has 0 amide bonds. The lowest BCUT2D eigenvalue weighted by Crippen LogP contribution is -2.28. The maximum atomic E-state index is 2.46. The van der Waals surface area contributed by atoms with E-state index in [4.69, 9.17) is 0 Å². The van der Waals surface area contributed by atoms with Crippen molar-refractivity contribution in [3.63, 3.8) is 0 Å².